The molecular formula is C22H44N2O12S. The van der Waals surface area contributed by atoms with Crippen molar-refractivity contribution in [1.82, 2.24) is 5.32 Å². The molecule has 0 aromatic carbocycles. The summed E-state index contributed by atoms with van der Waals surface area (Å²) < 4.78 is 59.5. The Labute approximate surface area is 219 Å². The van der Waals surface area contributed by atoms with Crippen molar-refractivity contribution in [3.8, 4) is 0 Å². The van der Waals surface area contributed by atoms with Gasteiger partial charge in [-0.25, -0.2) is 8.42 Å². The number of quaternary nitrogens is 1. The molecule has 0 aliphatic carbocycles. The zero-order valence-electron chi connectivity index (χ0n) is 22.0. The zero-order chi connectivity index (χ0) is 27.9. The van der Waals surface area contributed by atoms with E-state index in [0.29, 0.717) is 70.2 Å². The van der Waals surface area contributed by atoms with Crippen LogP contribution in [0.5, 0.6) is 0 Å². The maximum atomic E-state index is 12.1. The van der Waals surface area contributed by atoms with Crippen LogP contribution >= 0.6 is 0 Å². The molecule has 15 heteroatoms. The lowest BCUT2D eigenvalue weighted by molar-refractivity contribution is -0.890. The van der Waals surface area contributed by atoms with Crippen molar-refractivity contribution < 1.29 is 61.3 Å². The Balaban J connectivity index is 1.91. The second-order valence-corrected chi connectivity index (χ2v) is 11.0. The van der Waals surface area contributed by atoms with E-state index in [2.05, 4.69) is 5.32 Å². The Morgan fingerprint density at radius 1 is 0.865 bits per heavy atom. The molecule has 1 saturated heterocycles. The largest absolute Gasteiger partial charge is 0.748 e. The summed E-state index contributed by atoms with van der Waals surface area (Å²) in [6.45, 7) is 5.95. The average molecular weight is 561 g/mol. The van der Waals surface area contributed by atoms with E-state index in [1.807, 2.05) is 14.1 Å². The summed E-state index contributed by atoms with van der Waals surface area (Å²) in [6, 6.07) is 0. The Bertz CT molecular complexity index is 739. The van der Waals surface area contributed by atoms with Crippen molar-refractivity contribution in [2.24, 2.45) is 0 Å². The number of nitrogens with zero attached hydrogens (tertiary/aromatic N) is 1. The van der Waals surface area contributed by atoms with Crippen molar-refractivity contribution in [3.63, 3.8) is 0 Å². The molecule has 0 aromatic rings. The quantitative estimate of drug-likeness (QED) is 0.0673. The van der Waals surface area contributed by atoms with E-state index in [4.69, 9.17) is 23.7 Å². The predicted octanol–water partition coefficient (Wildman–Crippen LogP) is -2.95. The van der Waals surface area contributed by atoms with Crippen LogP contribution in [0.1, 0.15) is 13.3 Å². The highest BCUT2D eigenvalue weighted by Gasteiger charge is 2.44. The van der Waals surface area contributed by atoms with E-state index in [-0.39, 0.29) is 18.9 Å². The SMILES string of the molecule is CC1OC(C(=O)NCCOCCOCCOCCOCC[N+](C)(C)CCCS(=O)(=O)[O-])[C@@H](O)[C@H](O)[C@H]1O. The van der Waals surface area contributed by atoms with Gasteiger partial charge in [-0.15, -0.1) is 0 Å². The maximum absolute atomic E-state index is 12.1. The molecule has 220 valence electrons. The first-order chi connectivity index (χ1) is 17.3. The molecule has 1 aliphatic heterocycles. The number of likely N-dealkylation sites (N-methyl/N-ethyl adjacent to an activating group) is 1. The molecule has 1 rings (SSSR count). The lowest BCUT2D eigenvalue weighted by Gasteiger charge is -2.38. The molecule has 14 nitrogen and oxygen atoms in total. The number of nitrogens with one attached hydrogen (secondary N) is 1. The summed E-state index contributed by atoms with van der Waals surface area (Å²) in [5.74, 6) is -0.945. The van der Waals surface area contributed by atoms with Crippen molar-refractivity contribution in [2.45, 2.75) is 43.9 Å². The van der Waals surface area contributed by atoms with Gasteiger partial charge in [0.25, 0.3) is 5.91 Å². The number of carbonyl (C=O) groups is 1. The van der Waals surface area contributed by atoms with E-state index in [1.54, 1.807) is 0 Å². The fourth-order valence-corrected chi connectivity index (χ4v) is 3.95. The fraction of sp³-hybridized carbons (Fsp3) is 0.955. The van der Waals surface area contributed by atoms with Gasteiger partial charge in [0.1, 0.15) is 24.9 Å². The first kappa shape index (κ1) is 34.0. The molecule has 0 bridgehead atoms. The first-order valence-electron chi connectivity index (χ1n) is 12.4. The molecule has 0 saturated carbocycles. The van der Waals surface area contributed by atoms with Crippen LogP contribution in [0.15, 0.2) is 0 Å². The number of rotatable bonds is 20. The van der Waals surface area contributed by atoms with Crippen LogP contribution in [0.2, 0.25) is 0 Å². The molecule has 1 fully saturated rings. The van der Waals surface area contributed by atoms with Gasteiger partial charge in [0, 0.05) is 18.7 Å². The molecule has 4 N–H and O–H groups in total. The molecule has 0 radical (unpaired) electrons. The standard InChI is InChI=1S/C22H44N2O12S/c1-17-18(25)19(26)20(27)21(36-17)22(28)23-5-8-32-10-12-34-14-15-35-13-11-33-9-7-24(2,3)6-4-16-37(29,30)31/h17-21,25-27H,4-16H2,1-3H3,(H-,23,28,29,30,31)/t17?,18-,19+,20-,21?/m0/s1. The van der Waals surface area contributed by atoms with E-state index < -0.39 is 46.5 Å². The number of carbonyl (C=O) groups excluding carboxylic acids is 1. The summed E-state index contributed by atoms with van der Waals surface area (Å²) in [6.07, 6.45) is -5.97. The van der Waals surface area contributed by atoms with E-state index in [0.717, 1.165) is 0 Å². The summed E-state index contributed by atoms with van der Waals surface area (Å²) in [7, 11) is -0.271. The zero-order valence-corrected chi connectivity index (χ0v) is 22.8. The molecule has 5 atom stereocenters. The van der Waals surface area contributed by atoms with Gasteiger partial charge in [0.05, 0.1) is 89.7 Å². The molecule has 2 unspecified atom stereocenters. The summed E-state index contributed by atoms with van der Waals surface area (Å²) in [5, 5.41) is 31.9. The lowest BCUT2D eigenvalue weighted by Crippen LogP contribution is -2.60. The Morgan fingerprint density at radius 3 is 1.92 bits per heavy atom. The van der Waals surface area contributed by atoms with Crippen LogP contribution in [0.4, 0.5) is 0 Å². The third kappa shape index (κ3) is 15.3. The number of hydrogen-bond donors (Lipinski definition) is 4. The lowest BCUT2D eigenvalue weighted by atomic mass is 9.95. The molecular weight excluding hydrogens is 516 g/mol. The monoisotopic (exact) mass is 560 g/mol. The highest BCUT2D eigenvalue weighted by atomic mass is 32.2. The summed E-state index contributed by atoms with van der Waals surface area (Å²) in [4.78, 5) is 12.1. The van der Waals surface area contributed by atoms with Crippen molar-refractivity contribution in [3.05, 3.63) is 0 Å². The van der Waals surface area contributed by atoms with Crippen LogP contribution < -0.4 is 5.32 Å². The van der Waals surface area contributed by atoms with Crippen molar-refractivity contribution >= 4 is 16.0 Å². The highest BCUT2D eigenvalue weighted by Crippen LogP contribution is 2.20. The van der Waals surface area contributed by atoms with Gasteiger partial charge < -0.3 is 53.4 Å². The maximum Gasteiger partial charge on any atom is 0.252 e. The van der Waals surface area contributed by atoms with Crippen LogP contribution in [0, 0.1) is 0 Å². The van der Waals surface area contributed by atoms with Crippen LogP contribution in [-0.2, 0) is 38.6 Å². The molecule has 1 amide bonds. The second-order valence-electron chi connectivity index (χ2n) is 9.47. The van der Waals surface area contributed by atoms with Crippen molar-refractivity contribution in [1.29, 1.82) is 0 Å². The molecule has 1 heterocycles. The van der Waals surface area contributed by atoms with Gasteiger partial charge in [0.15, 0.2) is 6.10 Å². The number of hydrogen-bond acceptors (Lipinski definition) is 12. The number of aliphatic hydroxyl groups excluding tert-OH is 3. The van der Waals surface area contributed by atoms with Crippen LogP contribution in [-0.4, -0.2) is 162 Å². The minimum atomic E-state index is -4.17. The van der Waals surface area contributed by atoms with Gasteiger partial charge in [-0.05, 0) is 6.92 Å². The number of amides is 1. The van der Waals surface area contributed by atoms with E-state index in [1.165, 1.54) is 6.92 Å². The third-order valence-corrected chi connectivity index (χ3v) is 6.56. The van der Waals surface area contributed by atoms with Gasteiger partial charge >= 0.3 is 0 Å². The van der Waals surface area contributed by atoms with Gasteiger partial charge in [0.2, 0.25) is 0 Å². The minimum absolute atomic E-state index is 0.180. The molecule has 37 heavy (non-hydrogen) atoms. The smallest absolute Gasteiger partial charge is 0.252 e. The summed E-state index contributed by atoms with van der Waals surface area (Å²) >= 11 is 0. The normalized spacial score (nSPS) is 24.8. The Morgan fingerprint density at radius 2 is 1.38 bits per heavy atom. The average Bonchev–Trinajstić information content (AvgIpc) is 2.81. The van der Waals surface area contributed by atoms with E-state index in [9.17, 15) is 33.1 Å². The van der Waals surface area contributed by atoms with Gasteiger partial charge in [-0.1, -0.05) is 0 Å². The predicted molar refractivity (Wildman–Crippen MR) is 130 cm³/mol. The highest BCUT2D eigenvalue weighted by molar-refractivity contribution is 7.85. The molecule has 1 aliphatic rings. The van der Waals surface area contributed by atoms with E-state index >= 15 is 0 Å². The van der Waals surface area contributed by atoms with Crippen molar-refractivity contribution in [2.75, 3.05) is 92.3 Å². The first-order valence-corrected chi connectivity index (χ1v) is 14.0. The third-order valence-electron chi connectivity index (χ3n) is 5.77. The molecule has 0 spiro atoms. The Kier molecular flexibility index (Phi) is 16.2. The Hall–Kier alpha value is -0.980. The summed E-state index contributed by atoms with van der Waals surface area (Å²) in [5.41, 5.74) is 0. The topological polar surface area (TPSA) is 193 Å². The van der Waals surface area contributed by atoms with Gasteiger partial charge in [-0.3, -0.25) is 4.79 Å². The number of aliphatic hydroxyl groups is 3. The second kappa shape index (κ2) is 17.6. The fourth-order valence-electron chi connectivity index (χ4n) is 3.47. The van der Waals surface area contributed by atoms with Crippen LogP contribution in [0.3, 0.4) is 0 Å². The minimum Gasteiger partial charge on any atom is -0.748 e. The number of ether oxygens (including phenoxy) is 5. The van der Waals surface area contributed by atoms with Gasteiger partial charge in [-0.2, -0.15) is 0 Å². The van der Waals surface area contributed by atoms with Crippen LogP contribution in [0.25, 0.3) is 0 Å². The molecule has 0 aromatic heterocycles.